The Hall–Kier alpha value is -4.08. The van der Waals surface area contributed by atoms with Crippen LogP contribution in [-0.4, -0.2) is 28.5 Å². The average Bonchev–Trinajstić information content (AvgIpc) is 3.41. The summed E-state index contributed by atoms with van der Waals surface area (Å²) in [5, 5.41) is 4.06. The third-order valence-electron chi connectivity index (χ3n) is 7.61. The molecule has 2 aromatic heterocycles. The minimum Gasteiger partial charge on any atom is -0.482 e. The first kappa shape index (κ1) is 28.4. The van der Waals surface area contributed by atoms with E-state index in [0.717, 1.165) is 19.3 Å². The molecular formula is C31H31F3N2O5. The van der Waals surface area contributed by atoms with Gasteiger partial charge < -0.3 is 13.9 Å². The second-order valence-electron chi connectivity index (χ2n) is 10.9. The lowest BCUT2D eigenvalue weighted by Gasteiger charge is -2.36. The van der Waals surface area contributed by atoms with Gasteiger partial charge in [0.2, 0.25) is 11.2 Å². The highest BCUT2D eigenvalue weighted by Crippen LogP contribution is 2.38. The van der Waals surface area contributed by atoms with Crippen molar-refractivity contribution in [2.24, 2.45) is 17.8 Å². The zero-order valence-corrected chi connectivity index (χ0v) is 23.0. The van der Waals surface area contributed by atoms with Gasteiger partial charge in [0, 0.05) is 17.8 Å². The average molecular weight is 569 g/mol. The number of hydrogen-bond donors (Lipinski definition) is 0. The van der Waals surface area contributed by atoms with Crippen molar-refractivity contribution in [1.82, 2.24) is 9.78 Å². The lowest BCUT2D eigenvalue weighted by molar-refractivity contribution is -0.158. The molecule has 2 heterocycles. The van der Waals surface area contributed by atoms with Crippen molar-refractivity contribution in [1.29, 1.82) is 0 Å². The number of para-hydroxylation sites is 1. The fourth-order valence-electron chi connectivity index (χ4n) is 5.49. The number of benzene rings is 2. The van der Waals surface area contributed by atoms with E-state index in [1.807, 2.05) is 0 Å². The number of rotatable bonds is 7. The molecule has 10 heteroatoms. The van der Waals surface area contributed by atoms with Crippen LogP contribution in [0.1, 0.15) is 45.8 Å². The third-order valence-corrected chi connectivity index (χ3v) is 7.61. The van der Waals surface area contributed by atoms with Crippen LogP contribution in [0.25, 0.3) is 27.8 Å². The van der Waals surface area contributed by atoms with Crippen molar-refractivity contribution in [3.05, 3.63) is 76.9 Å². The molecule has 41 heavy (non-hydrogen) atoms. The number of ether oxygens (including phenoxy) is 2. The molecule has 3 atom stereocenters. The van der Waals surface area contributed by atoms with Crippen molar-refractivity contribution < 1.29 is 31.9 Å². The van der Waals surface area contributed by atoms with Crippen molar-refractivity contribution in [3.8, 4) is 22.6 Å². The summed E-state index contributed by atoms with van der Waals surface area (Å²) in [6, 6.07) is 12.7. The van der Waals surface area contributed by atoms with E-state index in [1.54, 1.807) is 30.3 Å². The molecule has 0 aliphatic heterocycles. The predicted molar refractivity (Wildman–Crippen MR) is 147 cm³/mol. The lowest BCUT2D eigenvalue weighted by Crippen LogP contribution is -2.36. The predicted octanol–water partition coefficient (Wildman–Crippen LogP) is 7.05. The van der Waals surface area contributed by atoms with E-state index in [1.165, 1.54) is 35.3 Å². The molecule has 216 valence electrons. The van der Waals surface area contributed by atoms with Gasteiger partial charge in [-0.25, -0.2) is 9.48 Å². The molecule has 0 spiro atoms. The van der Waals surface area contributed by atoms with Crippen LogP contribution in [0.3, 0.4) is 0 Å². The SMILES string of the molecule is CC1CCC(C(C)C)C(OC(=O)COc2ccc3c(=O)c(-c4cnn(-c5ccccc5)c4)c(C(F)(F)F)oc3c2)C1. The number of esters is 1. The van der Waals surface area contributed by atoms with Crippen LogP contribution in [0.5, 0.6) is 5.75 Å². The van der Waals surface area contributed by atoms with Gasteiger partial charge >= 0.3 is 12.1 Å². The summed E-state index contributed by atoms with van der Waals surface area (Å²) >= 11 is 0. The summed E-state index contributed by atoms with van der Waals surface area (Å²) in [7, 11) is 0. The van der Waals surface area contributed by atoms with Crippen LogP contribution in [0.4, 0.5) is 13.2 Å². The zero-order valence-electron chi connectivity index (χ0n) is 23.0. The molecule has 0 radical (unpaired) electrons. The fourth-order valence-corrected chi connectivity index (χ4v) is 5.49. The number of carbonyl (C=O) groups is 1. The maximum Gasteiger partial charge on any atom is 0.450 e. The van der Waals surface area contributed by atoms with Crippen molar-refractivity contribution in [2.75, 3.05) is 6.61 Å². The summed E-state index contributed by atoms with van der Waals surface area (Å²) in [5.41, 5.74) is -1.21. The van der Waals surface area contributed by atoms with Gasteiger partial charge in [0.05, 0.1) is 22.8 Å². The van der Waals surface area contributed by atoms with E-state index >= 15 is 0 Å². The van der Waals surface area contributed by atoms with Crippen molar-refractivity contribution in [3.63, 3.8) is 0 Å². The first-order valence-electron chi connectivity index (χ1n) is 13.6. The van der Waals surface area contributed by atoms with Gasteiger partial charge in [0.1, 0.15) is 17.4 Å². The molecule has 3 unspecified atom stereocenters. The van der Waals surface area contributed by atoms with E-state index in [9.17, 15) is 22.8 Å². The summed E-state index contributed by atoms with van der Waals surface area (Å²) in [6.45, 7) is 5.93. The Morgan fingerprint density at radius 2 is 1.90 bits per heavy atom. The van der Waals surface area contributed by atoms with Gasteiger partial charge in [-0.3, -0.25) is 4.79 Å². The van der Waals surface area contributed by atoms with Gasteiger partial charge in [0.15, 0.2) is 6.61 Å². The van der Waals surface area contributed by atoms with E-state index in [0.29, 0.717) is 17.5 Å². The molecule has 0 bridgehead atoms. The number of carbonyl (C=O) groups excluding carboxylic acids is 1. The molecule has 0 saturated heterocycles. The highest BCUT2D eigenvalue weighted by molar-refractivity contribution is 5.84. The van der Waals surface area contributed by atoms with Crippen LogP contribution in [-0.2, 0) is 15.7 Å². The number of fused-ring (bicyclic) bond motifs is 1. The highest BCUT2D eigenvalue weighted by atomic mass is 19.4. The van der Waals surface area contributed by atoms with Crippen molar-refractivity contribution in [2.45, 2.75) is 52.3 Å². The number of halogens is 3. The fraction of sp³-hybridized carbons (Fsp3) is 0.387. The molecule has 1 aliphatic carbocycles. The van der Waals surface area contributed by atoms with Crippen LogP contribution < -0.4 is 10.2 Å². The summed E-state index contributed by atoms with van der Waals surface area (Å²) in [4.78, 5) is 25.9. The summed E-state index contributed by atoms with van der Waals surface area (Å²) in [6.07, 6.45) is 0.238. The largest absolute Gasteiger partial charge is 0.482 e. The lowest BCUT2D eigenvalue weighted by atomic mass is 9.75. The number of aromatic nitrogens is 2. The zero-order chi connectivity index (χ0) is 29.3. The maximum atomic E-state index is 14.1. The standard InChI is InChI=1S/C31H31F3N2O5/c1-18(2)23-11-9-19(3)13-25(23)40-27(37)17-39-22-10-12-24-26(14-22)41-30(31(32,33)34)28(29(24)38)20-15-35-36(16-20)21-7-5-4-6-8-21/h4-8,10,12,14-16,18-19,23,25H,9,11,13,17H2,1-3H3. The van der Waals surface area contributed by atoms with E-state index < -0.39 is 35.5 Å². The molecule has 5 rings (SSSR count). The molecule has 1 aliphatic rings. The minimum atomic E-state index is -4.96. The smallest absolute Gasteiger partial charge is 0.450 e. The number of alkyl halides is 3. The van der Waals surface area contributed by atoms with Crippen molar-refractivity contribution >= 4 is 16.9 Å². The summed E-state index contributed by atoms with van der Waals surface area (Å²) in [5.74, 6) is -0.839. The Bertz CT molecular complexity index is 1590. The molecule has 1 fully saturated rings. The maximum absolute atomic E-state index is 14.1. The van der Waals surface area contributed by atoms with Gasteiger partial charge in [-0.2, -0.15) is 18.3 Å². The Morgan fingerprint density at radius 3 is 2.61 bits per heavy atom. The normalized spacial score (nSPS) is 19.4. The van der Waals surface area contributed by atoms with Gasteiger partial charge in [-0.05, 0) is 54.9 Å². The first-order valence-corrected chi connectivity index (χ1v) is 13.6. The van der Waals surface area contributed by atoms with Crippen LogP contribution in [0.2, 0.25) is 0 Å². The van der Waals surface area contributed by atoms with Gasteiger partial charge in [-0.15, -0.1) is 0 Å². The van der Waals surface area contributed by atoms with Gasteiger partial charge in [-0.1, -0.05) is 45.4 Å². The molecule has 2 aromatic carbocycles. The molecule has 0 amide bonds. The Kier molecular flexibility index (Phi) is 7.93. The number of nitrogens with zero attached hydrogens (tertiary/aromatic N) is 2. The first-order chi connectivity index (χ1) is 19.5. The molecule has 4 aromatic rings. The topological polar surface area (TPSA) is 83.6 Å². The van der Waals surface area contributed by atoms with Crippen LogP contribution >= 0.6 is 0 Å². The molecule has 1 saturated carbocycles. The van der Waals surface area contributed by atoms with E-state index in [-0.39, 0.29) is 34.3 Å². The van der Waals surface area contributed by atoms with E-state index in [2.05, 4.69) is 25.9 Å². The molecular weight excluding hydrogens is 537 g/mol. The highest BCUT2D eigenvalue weighted by Gasteiger charge is 2.40. The number of hydrogen-bond acceptors (Lipinski definition) is 6. The Labute approximate surface area is 234 Å². The quantitative estimate of drug-likeness (QED) is 0.222. The molecule has 0 N–H and O–H groups in total. The van der Waals surface area contributed by atoms with E-state index in [4.69, 9.17) is 13.9 Å². The van der Waals surface area contributed by atoms with Crippen LogP contribution in [0, 0.1) is 17.8 Å². The minimum absolute atomic E-state index is 0.0309. The van der Waals surface area contributed by atoms with Gasteiger partial charge in [0.25, 0.3) is 0 Å². The third kappa shape index (κ3) is 6.16. The second-order valence-corrected chi connectivity index (χ2v) is 10.9. The van der Waals surface area contributed by atoms with Crippen LogP contribution in [0.15, 0.2) is 70.1 Å². The monoisotopic (exact) mass is 568 g/mol. The Morgan fingerprint density at radius 1 is 1.15 bits per heavy atom. The molecule has 7 nitrogen and oxygen atoms in total. The second kappa shape index (κ2) is 11.4. The summed E-state index contributed by atoms with van der Waals surface area (Å²) < 4.78 is 60.3. The Balaban J connectivity index is 1.39.